The van der Waals surface area contributed by atoms with Crippen molar-refractivity contribution in [2.45, 2.75) is 45.0 Å². The van der Waals surface area contributed by atoms with Crippen LogP contribution in [0, 0.1) is 11.6 Å². The van der Waals surface area contributed by atoms with Gasteiger partial charge in [0.1, 0.15) is 11.3 Å². The summed E-state index contributed by atoms with van der Waals surface area (Å²) < 4.78 is 68.6. The van der Waals surface area contributed by atoms with Crippen molar-refractivity contribution in [1.29, 1.82) is 0 Å². The molecule has 3 aromatic rings. The lowest BCUT2D eigenvalue weighted by Gasteiger charge is -2.24. The maximum absolute atomic E-state index is 14.5. The number of aliphatic hydroxyl groups excluding tert-OH is 1. The van der Waals surface area contributed by atoms with Gasteiger partial charge in [-0.25, -0.2) is 18.7 Å². The number of pyridine rings is 2. The molecule has 3 N–H and O–H groups in total. The highest BCUT2D eigenvalue weighted by atomic mass is 19.4. The molecule has 3 aromatic heterocycles. The Morgan fingerprint density at radius 1 is 1.22 bits per heavy atom. The van der Waals surface area contributed by atoms with Gasteiger partial charge in [-0.3, -0.25) is 4.40 Å². The van der Waals surface area contributed by atoms with Gasteiger partial charge in [-0.15, -0.1) is 0 Å². The highest BCUT2D eigenvalue weighted by Gasteiger charge is 2.39. The number of halogens is 5. The van der Waals surface area contributed by atoms with Crippen molar-refractivity contribution in [3.8, 4) is 11.4 Å². The van der Waals surface area contributed by atoms with E-state index in [2.05, 4.69) is 20.6 Å². The molecule has 6 nitrogen and oxygen atoms in total. The molecule has 2 atom stereocenters. The third-order valence-electron chi connectivity index (χ3n) is 4.96. The minimum atomic E-state index is -4.86. The number of rotatable bonds is 4. The van der Waals surface area contributed by atoms with Crippen molar-refractivity contribution in [2.24, 2.45) is 0 Å². The van der Waals surface area contributed by atoms with Gasteiger partial charge in [0.05, 0.1) is 11.9 Å². The molecular weight excluding hydrogens is 433 g/mol. The zero-order valence-corrected chi connectivity index (χ0v) is 17.5. The van der Waals surface area contributed by atoms with E-state index < -0.39 is 29.5 Å². The minimum Gasteiger partial charge on any atom is -0.379 e. The van der Waals surface area contributed by atoms with Crippen LogP contribution in [0.4, 0.5) is 27.8 Å². The largest absolute Gasteiger partial charge is 0.418 e. The van der Waals surface area contributed by atoms with Crippen molar-refractivity contribution in [2.75, 3.05) is 18.4 Å². The molecule has 174 valence electrons. The predicted octanol–water partition coefficient (Wildman–Crippen LogP) is 4.46. The van der Waals surface area contributed by atoms with Crippen LogP contribution in [0.25, 0.3) is 17.0 Å². The number of anilines is 1. The molecule has 2 unspecified atom stereocenters. The lowest BCUT2D eigenvalue weighted by atomic mass is 10.1. The number of alkyl halides is 3. The Morgan fingerprint density at radius 2 is 1.97 bits per heavy atom. The molecule has 4 rings (SSSR count). The Kier molecular flexibility index (Phi) is 7.29. The number of aromatic nitrogens is 3. The quantitative estimate of drug-likeness (QED) is 0.505. The molecule has 32 heavy (non-hydrogen) atoms. The third kappa shape index (κ3) is 4.99. The van der Waals surface area contributed by atoms with E-state index in [-0.39, 0.29) is 28.9 Å². The number of hydrogen-bond acceptors (Lipinski definition) is 5. The van der Waals surface area contributed by atoms with Crippen LogP contribution in [0.1, 0.15) is 38.4 Å². The molecule has 0 aromatic carbocycles. The summed E-state index contributed by atoms with van der Waals surface area (Å²) in [7, 11) is 0. The number of fused-ring (bicyclic) bond motifs is 1. The second-order valence-electron chi connectivity index (χ2n) is 7.12. The van der Waals surface area contributed by atoms with E-state index in [9.17, 15) is 27.1 Å². The fraction of sp³-hybridized carbons (Fsp3) is 0.429. The molecule has 0 amide bonds. The topological polar surface area (TPSA) is 74.5 Å². The lowest BCUT2D eigenvalue weighted by Crippen LogP contribution is -2.38. The molecule has 0 radical (unpaired) electrons. The summed E-state index contributed by atoms with van der Waals surface area (Å²) >= 11 is 0. The molecule has 1 aliphatic heterocycles. The van der Waals surface area contributed by atoms with Gasteiger partial charge in [-0.05, 0) is 25.5 Å². The van der Waals surface area contributed by atoms with Gasteiger partial charge in [-0.1, -0.05) is 19.9 Å². The molecule has 1 saturated heterocycles. The van der Waals surface area contributed by atoms with Gasteiger partial charge < -0.3 is 15.7 Å². The molecule has 0 bridgehead atoms. The molecule has 1 aliphatic rings. The van der Waals surface area contributed by atoms with Crippen LogP contribution in [0.15, 0.2) is 30.6 Å². The molecule has 1 fully saturated rings. The molecular formula is C21H24F5N5O. The van der Waals surface area contributed by atoms with Gasteiger partial charge in [0.15, 0.2) is 23.6 Å². The van der Waals surface area contributed by atoms with E-state index in [1.54, 1.807) is 0 Å². The second kappa shape index (κ2) is 9.78. The van der Waals surface area contributed by atoms with Crippen molar-refractivity contribution in [1.82, 2.24) is 19.7 Å². The van der Waals surface area contributed by atoms with Gasteiger partial charge in [0, 0.05) is 30.4 Å². The van der Waals surface area contributed by atoms with E-state index in [0.29, 0.717) is 12.6 Å². The molecule has 0 saturated carbocycles. The zero-order valence-electron chi connectivity index (χ0n) is 17.5. The predicted molar refractivity (Wildman–Crippen MR) is 110 cm³/mol. The second-order valence-corrected chi connectivity index (χ2v) is 7.12. The summed E-state index contributed by atoms with van der Waals surface area (Å²) in [5.74, 6) is -2.01. The van der Waals surface area contributed by atoms with Gasteiger partial charge in [0.25, 0.3) is 0 Å². The summed E-state index contributed by atoms with van der Waals surface area (Å²) in [5, 5.41) is 15.6. The zero-order chi connectivity index (χ0) is 23.5. The fourth-order valence-corrected chi connectivity index (χ4v) is 3.44. The average molecular weight is 457 g/mol. The van der Waals surface area contributed by atoms with Crippen molar-refractivity contribution in [3.63, 3.8) is 0 Å². The van der Waals surface area contributed by atoms with Crippen LogP contribution in [-0.2, 0) is 0 Å². The summed E-state index contributed by atoms with van der Waals surface area (Å²) in [6, 6.07) is 2.94. The maximum atomic E-state index is 14.5. The first kappa shape index (κ1) is 23.9. The first-order valence-electron chi connectivity index (χ1n) is 10.3. The average Bonchev–Trinajstić information content (AvgIpc) is 3.19. The monoisotopic (exact) mass is 457 g/mol. The number of hydrogen-bond donors (Lipinski definition) is 3. The Labute approximate surface area is 181 Å². The van der Waals surface area contributed by atoms with Crippen molar-refractivity contribution in [3.05, 3.63) is 47.8 Å². The van der Waals surface area contributed by atoms with Crippen LogP contribution >= 0.6 is 0 Å². The highest BCUT2D eigenvalue weighted by Crippen LogP contribution is 2.33. The number of nitrogens with one attached hydrogen (secondary N) is 2. The number of aliphatic hydroxyl groups is 1. The van der Waals surface area contributed by atoms with Gasteiger partial charge in [-0.2, -0.15) is 13.2 Å². The number of piperidine rings is 1. The Balaban J connectivity index is 0.00000141. The van der Waals surface area contributed by atoms with Crippen LogP contribution in [0.2, 0.25) is 0 Å². The Bertz CT molecular complexity index is 1060. The number of imidazole rings is 1. The highest BCUT2D eigenvalue weighted by molar-refractivity contribution is 5.63. The van der Waals surface area contributed by atoms with E-state index in [1.165, 1.54) is 16.7 Å². The smallest absolute Gasteiger partial charge is 0.379 e. The maximum Gasteiger partial charge on any atom is 0.418 e. The first-order chi connectivity index (χ1) is 15.2. The Hall–Kier alpha value is -2.79. The number of nitrogens with zero attached hydrogens (tertiary/aromatic N) is 3. The van der Waals surface area contributed by atoms with Crippen LogP contribution in [0.3, 0.4) is 0 Å². The minimum absolute atomic E-state index is 0.0311. The van der Waals surface area contributed by atoms with E-state index >= 15 is 0 Å². The summed E-state index contributed by atoms with van der Waals surface area (Å²) in [6.45, 7) is 5.46. The molecule has 4 heterocycles. The van der Waals surface area contributed by atoms with E-state index in [4.69, 9.17) is 0 Å². The summed E-state index contributed by atoms with van der Waals surface area (Å²) in [5.41, 5.74) is -0.458. The SMILES string of the molecule is CC.OC(c1ccc2ncc(-c3nc(NC4CCCNC4)c(F)cc3F)n2c1)C(F)(F)F. The normalized spacial score (nSPS) is 17.6. The van der Waals surface area contributed by atoms with E-state index in [0.717, 1.165) is 31.6 Å². The standard InChI is InChI=1S/C19H18F5N5O.C2H6/c20-12-6-13(21)18(27-11-2-1-5-25-7-11)28-16(12)14-8-26-15-4-3-10(9-29(14)15)17(30)19(22,23)24;1-2/h3-4,6,8-9,11,17,25,30H,1-2,5,7H2,(H,27,28);1-2H3. The van der Waals surface area contributed by atoms with Gasteiger partial charge >= 0.3 is 6.18 Å². The molecule has 0 aliphatic carbocycles. The lowest BCUT2D eigenvalue weighted by molar-refractivity contribution is -0.206. The fourth-order valence-electron chi connectivity index (χ4n) is 3.44. The first-order valence-corrected chi connectivity index (χ1v) is 10.3. The molecule has 0 spiro atoms. The summed E-state index contributed by atoms with van der Waals surface area (Å²) in [6.07, 6.45) is -3.65. The third-order valence-corrected chi connectivity index (χ3v) is 4.96. The van der Waals surface area contributed by atoms with Gasteiger partial charge in [0.2, 0.25) is 0 Å². The van der Waals surface area contributed by atoms with Crippen molar-refractivity contribution < 1.29 is 27.1 Å². The Morgan fingerprint density at radius 3 is 2.62 bits per heavy atom. The van der Waals surface area contributed by atoms with Crippen LogP contribution < -0.4 is 10.6 Å². The van der Waals surface area contributed by atoms with Crippen molar-refractivity contribution >= 4 is 11.5 Å². The molecule has 11 heteroatoms. The van der Waals surface area contributed by atoms with E-state index in [1.807, 2.05) is 13.8 Å². The summed E-state index contributed by atoms with van der Waals surface area (Å²) in [4.78, 5) is 8.08. The van der Waals surface area contributed by atoms with Crippen LogP contribution in [0.5, 0.6) is 0 Å². The van der Waals surface area contributed by atoms with Crippen LogP contribution in [-0.4, -0.2) is 44.8 Å².